The van der Waals surface area contributed by atoms with Gasteiger partial charge in [0.2, 0.25) is 0 Å². The van der Waals surface area contributed by atoms with Gasteiger partial charge in [-0.1, -0.05) is 13.0 Å². The molecule has 3 aromatic heterocycles. The number of aryl methyl sites for hydroxylation is 1. The van der Waals surface area contributed by atoms with Crippen molar-refractivity contribution >= 4 is 33.0 Å². The molecular weight excluding hydrogens is 618 g/mol. The maximum Gasteiger partial charge on any atom is 0.319 e. The van der Waals surface area contributed by atoms with Crippen molar-refractivity contribution in [2.75, 3.05) is 64.8 Å². The Hall–Kier alpha value is -4.13. The third-order valence-corrected chi connectivity index (χ3v) is 10.2. The van der Waals surface area contributed by atoms with Crippen LogP contribution in [0.3, 0.4) is 0 Å². The highest BCUT2D eigenvalue weighted by atomic mass is 19.1. The molecule has 0 amide bonds. The number of alkyl halides is 1. The van der Waals surface area contributed by atoms with E-state index in [9.17, 15) is 4.39 Å². The summed E-state index contributed by atoms with van der Waals surface area (Å²) in [7, 11) is 1.57. The Morgan fingerprint density at radius 2 is 1.94 bits per heavy atom. The Morgan fingerprint density at radius 1 is 1.02 bits per heavy atom. The van der Waals surface area contributed by atoms with Crippen LogP contribution in [0.4, 0.5) is 14.6 Å². The summed E-state index contributed by atoms with van der Waals surface area (Å²) in [5.74, 6) is 1.07. The van der Waals surface area contributed by atoms with Gasteiger partial charge in [0.05, 0.1) is 40.5 Å². The number of pyridine rings is 1. The van der Waals surface area contributed by atoms with E-state index in [0.717, 1.165) is 71.1 Å². The predicted octanol–water partition coefficient (Wildman–Crippen LogP) is 5.96. The number of nitrogens with zero attached hydrogens (tertiary/aromatic N) is 6. The summed E-state index contributed by atoms with van der Waals surface area (Å²) >= 11 is 0. The fraction of sp³-hybridized carbons (Fsp3) is 0.472. The highest BCUT2D eigenvalue weighted by Crippen LogP contribution is 2.42. The molecular formula is C36H40F2N6O4. The average Bonchev–Trinajstić information content (AvgIpc) is 3.73. The fourth-order valence-corrected chi connectivity index (χ4v) is 8.01. The van der Waals surface area contributed by atoms with E-state index >= 15 is 4.39 Å². The number of benzene rings is 2. The summed E-state index contributed by atoms with van der Waals surface area (Å²) in [6, 6.07) is 11.3. The highest BCUT2D eigenvalue weighted by molar-refractivity contribution is 6.06. The van der Waals surface area contributed by atoms with Crippen molar-refractivity contribution in [2.24, 2.45) is 0 Å². The Labute approximate surface area is 277 Å². The highest BCUT2D eigenvalue weighted by Gasteiger charge is 2.49. The van der Waals surface area contributed by atoms with Crippen LogP contribution >= 0.6 is 0 Å². The first-order valence-electron chi connectivity index (χ1n) is 16.9. The van der Waals surface area contributed by atoms with Gasteiger partial charge in [0.15, 0.2) is 6.79 Å². The van der Waals surface area contributed by atoms with Gasteiger partial charge in [-0.25, -0.2) is 13.3 Å². The average molecular weight is 659 g/mol. The molecule has 2 atom stereocenters. The number of anilines is 1. The molecule has 48 heavy (non-hydrogen) atoms. The van der Waals surface area contributed by atoms with Gasteiger partial charge in [-0.05, 0) is 78.9 Å². The molecule has 0 bridgehead atoms. The molecule has 0 saturated carbocycles. The fourth-order valence-electron chi connectivity index (χ4n) is 8.01. The number of hydrogen-bond acceptors (Lipinski definition) is 9. The van der Waals surface area contributed by atoms with Crippen molar-refractivity contribution in [3.05, 3.63) is 54.0 Å². The zero-order valence-electron chi connectivity index (χ0n) is 27.4. The van der Waals surface area contributed by atoms with Crippen molar-refractivity contribution in [1.82, 2.24) is 24.5 Å². The molecule has 8 rings (SSSR count). The Morgan fingerprint density at radius 3 is 2.81 bits per heavy atom. The molecule has 0 aliphatic carbocycles. The van der Waals surface area contributed by atoms with E-state index in [-0.39, 0.29) is 24.2 Å². The molecule has 10 nitrogen and oxygen atoms in total. The summed E-state index contributed by atoms with van der Waals surface area (Å²) in [4.78, 5) is 14.5. The van der Waals surface area contributed by atoms with E-state index in [0.29, 0.717) is 62.6 Å². The number of fused-ring (bicyclic) bond motifs is 5. The van der Waals surface area contributed by atoms with Crippen molar-refractivity contribution in [1.29, 1.82) is 0 Å². The topological polar surface area (TPSA) is 86.5 Å². The molecule has 5 aromatic rings. The lowest BCUT2D eigenvalue weighted by Gasteiger charge is -2.31. The van der Waals surface area contributed by atoms with E-state index in [1.165, 1.54) is 6.07 Å². The van der Waals surface area contributed by atoms with Gasteiger partial charge in [-0.3, -0.25) is 4.90 Å². The molecule has 0 radical (unpaired) electrons. The first kappa shape index (κ1) is 31.2. The van der Waals surface area contributed by atoms with E-state index in [2.05, 4.69) is 9.80 Å². The van der Waals surface area contributed by atoms with Crippen molar-refractivity contribution in [3.63, 3.8) is 0 Å². The van der Waals surface area contributed by atoms with Crippen LogP contribution in [0.1, 0.15) is 38.2 Å². The molecule has 0 spiro atoms. The molecule has 3 aliphatic heterocycles. The molecule has 0 N–H and O–H groups in total. The lowest BCUT2D eigenvalue weighted by molar-refractivity contribution is 0.0512. The van der Waals surface area contributed by atoms with Crippen LogP contribution < -0.4 is 14.4 Å². The van der Waals surface area contributed by atoms with Crippen LogP contribution in [0.5, 0.6) is 11.8 Å². The quantitative estimate of drug-likeness (QED) is 0.178. The zero-order valence-corrected chi connectivity index (χ0v) is 27.4. The minimum atomic E-state index is -0.854. The Kier molecular flexibility index (Phi) is 8.26. The summed E-state index contributed by atoms with van der Waals surface area (Å²) in [6.45, 7) is 6.37. The zero-order chi connectivity index (χ0) is 32.8. The van der Waals surface area contributed by atoms with E-state index in [1.807, 2.05) is 35.7 Å². The third kappa shape index (κ3) is 5.39. The van der Waals surface area contributed by atoms with Gasteiger partial charge in [0, 0.05) is 45.3 Å². The number of aromatic nitrogens is 4. The van der Waals surface area contributed by atoms with Gasteiger partial charge in [-0.15, -0.1) is 0 Å². The second-order valence-electron chi connectivity index (χ2n) is 13.1. The predicted molar refractivity (Wildman–Crippen MR) is 179 cm³/mol. The van der Waals surface area contributed by atoms with Crippen LogP contribution in [0.25, 0.3) is 38.4 Å². The van der Waals surface area contributed by atoms with Gasteiger partial charge in [-0.2, -0.15) is 15.1 Å². The molecule has 6 heterocycles. The largest absolute Gasteiger partial charge is 0.468 e. The smallest absolute Gasteiger partial charge is 0.319 e. The molecule has 0 unspecified atom stereocenters. The lowest BCUT2D eigenvalue weighted by atomic mass is 9.94. The van der Waals surface area contributed by atoms with E-state index < -0.39 is 6.17 Å². The third-order valence-electron chi connectivity index (χ3n) is 10.2. The lowest BCUT2D eigenvalue weighted by Crippen LogP contribution is -2.43. The Balaban J connectivity index is 1.33. The van der Waals surface area contributed by atoms with Gasteiger partial charge < -0.3 is 23.8 Å². The van der Waals surface area contributed by atoms with Crippen molar-refractivity contribution in [3.8, 4) is 23.0 Å². The van der Waals surface area contributed by atoms with Crippen LogP contribution in [0.15, 0.2) is 42.6 Å². The second-order valence-corrected chi connectivity index (χ2v) is 13.1. The molecule has 3 aliphatic rings. The monoisotopic (exact) mass is 658 g/mol. The van der Waals surface area contributed by atoms with Gasteiger partial charge in [0.25, 0.3) is 0 Å². The minimum absolute atomic E-state index is 0.0700. The summed E-state index contributed by atoms with van der Waals surface area (Å²) < 4.78 is 55.2. The number of methoxy groups -OCH3 is 1. The standard InChI is InChI=1S/C36H40F2N6O4/c1-3-26-28(38)7-6-23-16-25(48-22-45-2)17-27(32(23)26)31-18-29-33(30-8-10-39-44(30)31)34(42-11-5-14-46-15-13-42)41-35(40-29)47-21-36-9-4-12-43(36)20-24(37)19-36/h6-8,10,16-18,24H,3-5,9,11-15,19-22H2,1-2H3/t24-,36+/m1/s1. The normalized spacial score (nSPS) is 21.8. The minimum Gasteiger partial charge on any atom is -0.468 e. The van der Waals surface area contributed by atoms with E-state index in [1.54, 1.807) is 19.4 Å². The molecule has 3 fully saturated rings. The SMILES string of the molecule is CCc1c(F)ccc2cc(OCOC)cc(-c3cc4nc(OC[C@@]56CCCN5C[C@H](F)C6)nc(N5CCCOCC5)c4c4ccnn34)c12. The summed E-state index contributed by atoms with van der Waals surface area (Å²) in [5.41, 5.74) is 3.25. The number of hydrogen-bond donors (Lipinski definition) is 0. The van der Waals surface area contributed by atoms with Gasteiger partial charge in [0.1, 0.15) is 30.2 Å². The van der Waals surface area contributed by atoms with Crippen molar-refractivity contribution in [2.45, 2.75) is 50.7 Å². The Bertz CT molecular complexity index is 1980. The van der Waals surface area contributed by atoms with Crippen LogP contribution in [-0.4, -0.2) is 96.1 Å². The summed E-state index contributed by atoms with van der Waals surface area (Å²) in [5, 5.41) is 7.24. The number of rotatable bonds is 9. The molecule has 252 valence electrons. The summed E-state index contributed by atoms with van der Waals surface area (Å²) in [6.07, 6.45) is 4.64. The molecule has 2 aromatic carbocycles. The molecule has 3 saturated heterocycles. The van der Waals surface area contributed by atoms with Crippen LogP contribution in [0, 0.1) is 5.82 Å². The number of halogens is 2. The van der Waals surface area contributed by atoms with Crippen molar-refractivity contribution < 1.29 is 27.7 Å². The van der Waals surface area contributed by atoms with Crippen LogP contribution in [-0.2, 0) is 15.9 Å². The first-order chi connectivity index (χ1) is 23.5. The molecule has 12 heteroatoms. The van der Waals surface area contributed by atoms with E-state index in [4.69, 9.17) is 34.0 Å². The second kappa shape index (κ2) is 12.7. The van der Waals surface area contributed by atoms with Gasteiger partial charge >= 0.3 is 6.01 Å². The first-order valence-corrected chi connectivity index (χ1v) is 16.9. The number of ether oxygens (including phenoxy) is 4. The maximum atomic E-state index is 15.3. The van der Waals surface area contributed by atoms with Crippen LogP contribution in [0.2, 0.25) is 0 Å². The maximum absolute atomic E-state index is 15.3.